The van der Waals surface area contributed by atoms with Crippen LogP contribution in [-0.2, 0) is 0 Å². The molecule has 0 fully saturated rings. The van der Waals surface area contributed by atoms with E-state index in [0.717, 1.165) is 24.0 Å². The van der Waals surface area contributed by atoms with Crippen molar-refractivity contribution < 1.29 is 5.11 Å². The van der Waals surface area contributed by atoms with Crippen LogP contribution >= 0.6 is 15.9 Å². The zero-order chi connectivity index (χ0) is 12.7. The van der Waals surface area contributed by atoms with Gasteiger partial charge in [-0.05, 0) is 44.8 Å². The van der Waals surface area contributed by atoms with Gasteiger partial charge in [0.25, 0.3) is 0 Å². The SMILES string of the molecule is CNC(CCN(C)CCO)c1cccc(Br)c1. The summed E-state index contributed by atoms with van der Waals surface area (Å²) < 4.78 is 1.11. The van der Waals surface area contributed by atoms with Crippen LogP contribution in [0.3, 0.4) is 0 Å². The van der Waals surface area contributed by atoms with Gasteiger partial charge < -0.3 is 15.3 Å². The summed E-state index contributed by atoms with van der Waals surface area (Å²) in [5, 5.41) is 12.2. The normalized spacial score (nSPS) is 13.0. The van der Waals surface area contributed by atoms with Crippen LogP contribution in [0.4, 0.5) is 0 Å². The lowest BCUT2D eigenvalue weighted by atomic mass is 10.0. The van der Waals surface area contributed by atoms with E-state index >= 15 is 0 Å². The van der Waals surface area contributed by atoms with Crippen LogP contribution in [0.1, 0.15) is 18.0 Å². The highest BCUT2D eigenvalue weighted by Gasteiger charge is 2.10. The van der Waals surface area contributed by atoms with Gasteiger partial charge in [0, 0.05) is 17.1 Å². The molecule has 0 aromatic heterocycles. The highest BCUT2D eigenvalue weighted by Crippen LogP contribution is 2.20. The minimum atomic E-state index is 0.220. The molecular formula is C13H21BrN2O. The van der Waals surface area contributed by atoms with Crippen LogP contribution in [0.25, 0.3) is 0 Å². The van der Waals surface area contributed by atoms with E-state index in [4.69, 9.17) is 5.11 Å². The van der Waals surface area contributed by atoms with Crippen LogP contribution in [0.15, 0.2) is 28.7 Å². The molecule has 1 aromatic carbocycles. The molecule has 0 bridgehead atoms. The summed E-state index contributed by atoms with van der Waals surface area (Å²) in [4.78, 5) is 2.14. The predicted molar refractivity (Wildman–Crippen MR) is 75.1 cm³/mol. The number of nitrogens with one attached hydrogen (secondary N) is 1. The van der Waals surface area contributed by atoms with Gasteiger partial charge in [-0.2, -0.15) is 0 Å². The monoisotopic (exact) mass is 300 g/mol. The summed E-state index contributed by atoms with van der Waals surface area (Å²) in [6.45, 7) is 1.92. The quantitative estimate of drug-likeness (QED) is 0.809. The second-order valence-electron chi connectivity index (χ2n) is 4.21. The number of nitrogens with zero attached hydrogens (tertiary/aromatic N) is 1. The first-order valence-electron chi connectivity index (χ1n) is 5.89. The number of halogens is 1. The summed E-state index contributed by atoms with van der Waals surface area (Å²) in [5.74, 6) is 0. The first-order valence-corrected chi connectivity index (χ1v) is 6.68. The van der Waals surface area contributed by atoms with Gasteiger partial charge in [0.15, 0.2) is 0 Å². The lowest BCUT2D eigenvalue weighted by molar-refractivity contribution is 0.216. The van der Waals surface area contributed by atoms with E-state index in [-0.39, 0.29) is 6.61 Å². The van der Waals surface area contributed by atoms with Crippen molar-refractivity contribution in [3.63, 3.8) is 0 Å². The van der Waals surface area contributed by atoms with Crippen molar-refractivity contribution in [1.82, 2.24) is 10.2 Å². The molecular weight excluding hydrogens is 280 g/mol. The van der Waals surface area contributed by atoms with Crippen molar-refractivity contribution in [2.75, 3.05) is 33.8 Å². The number of hydrogen-bond acceptors (Lipinski definition) is 3. The van der Waals surface area contributed by atoms with Crippen molar-refractivity contribution in [2.24, 2.45) is 0 Å². The van der Waals surface area contributed by atoms with Gasteiger partial charge in [-0.3, -0.25) is 0 Å². The van der Waals surface area contributed by atoms with Crippen molar-refractivity contribution in [3.05, 3.63) is 34.3 Å². The lowest BCUT2D eigenvalue weighted by Crippen LogP contribution is -2.27. The third kappa shape index (κ3) is 5.17. The van der Waals surface area contributed by atoms with E-state index in [2.05, 4.69) is 44.3 Å². The molecule has 0 aliphatic carbocycles. The molecule has 0 aliphatic rings. The van der Waals surface area contributed by atoms with E-state index in [1.807, 2.05) is 20.2 Å². The Kier molecular flexibility index (Phi) is 6.73. The van der Waals surface area contributed by atoms with Crippen LogP contribution in [0.5, 0.6) is 0 Å². The van der Waals surface area contributed by atoms with Gasteiger partial charge in [-0.15, -0.1) is 0 Å². The zero-order valence-electron chi connectivity index (χ0n) is 10.5. The molecule has 4 heteroatoms. The largest absolute Gasteiger partial charge is 0.395 e. The maximum absolute atomic E-state index is 8.85. The van der Waals surface area contributed by atoms with Crippen molar-refractivity contribution in [3.8, 4) is 0 Å². The maximum Gasteiger partial charge on any atom is 0.0558 e. The Balaban J connectivity index is 2.54. The molecule has 17 heavy (non-hydrogen) atoms. The molecule has 1 rings (SSSR count). The molecule has 1 unspecified atom stereocenters. The van der Waals surface area contributed by atoms with Crippen LogP contribution in [0, 0.1) is 0 Å². The van der Waals surface area contributed by atoms with Crippen LogP contribution < -0.4 is 5.32 Å². The number of aliphatic hydroxyl groups is 1. The lowest BCUT2D eigenvalue weighted by Gasteiger charge is -2.21. The van der Waals surface area contributed by atoms with E-state index in [1.165, 1.54) is 5.56 Å². The first kappa shape index (κ1) is 14.6. The van der Waals surface area contributed by atoms with E-state index < -0.39 is 0 Å². The zero-order valence-corrected chi connectivity index (χ0v) is 12.1. The second-order valence-corrected chi connectivity index (χ2v) is 5.13. The molecule has 0 radical (unpaired) electrons. The van der Waals surface area contributed by atoms with Crippen LogP contribution in [-0.4, -0.2) is 43.8 Å². The average Bonchev–Trinajstić information content (AvgIpc) is 2.30. The summed E-state index contributed by atoms with van der Waals surface area (Å²) in [6.07, 6.45) is 1.03. The Morgan fingerprint density at radius 1 is 1.41 bits per heavy atom. The Bertz CT molecular complexity index is 333. The third-order valence-corrected chi connectivity index (χ3v) is 3.37. The van der Waals surface area contributed by atoms with Gasteiger partial charge in [-0.1, -0.05) is 28.1 Å². The number of rotatable bonds is 7. The van der Waals surface area contributed by atoms with E-state index in [0.29, 0.717) is 6.04 Å². The number of benzene rings is 1. The summed E-state index contributed by atoms with van der Waals surface area (Å²) >= 11 is 3.49. The molecule has 0 saturated carbocycles. The van der Waals surface area contributed by atoms with Crippen molar-refractivity contribution in [2.45, 2.75) is 12.5 Å². The number of aliphatic hydroxyl groups excluding tert-OH is 1. The van der Waals surface area contributed by atoms with Crippen molar-refractivity contribution >= 4 is 15.9 Å². The fourth-order valence-corrected chi connectivity index (χ4v) is 2.25. The van der Waals surface area contributed by atoms with Gasteiger partial charge in [0.05, 0.1) is 6.61 Å². The smallest absolute Gasteiger partial charge is 0.0558 e. The highest BCUT2D eigenvalue weighted by molar-refractivity contribution is 9.10. The molecule has 0 aliphatic heterocycles. The summed E-state index contributed by atoms with van der Waals surface area (Å²) in [6, 6.07) is 8.73. The number of likely N-dealkylation sites (N-methyl/N-ethyl adjacent to an activating group) is 1. The predicted octanol–water partition coefficient (Wildman–Crippen LogP) is 2.02. The highest BCUT2D eigenvalue weighted by atomic mass is 79.9. The fraction of sp³-hybridized carbons (Fsp3) is 0.538. The van der Waals surface area contributed by atoms with Crippen molar-refractivity contribution in [1.29, 1.82) is 0 Å². The minimum Gasteiger partial charge on any atom is -0.395 e. The molecule has 0 spiro atoms. The number of hydrogen-bond donors (Lipinski definition) is 2. The summed E-state index contributed by atoms with van der Waals surface area (Å²) in [5.41, 5.74) is 1.29. The third-order valence-electron chi connectivity index (χ3n) is 2.88. The Hall–Kier alpha value is -0.420. The Morgan fingerprint density at radius 3 is 2.76 bits per heavy atom. The molecule has 0 saturated heterocycles. The molecule has 0 amide bonds. The standard InChI is InChI=1S/C13H21BrN2O/c1-15-13(6-7-16(2)8-9-17)11-4-3-5-12(14)10-11/h3-5,10,13,15,17H,6-9H2,1-2H3. The molecule has 3 nitrogen and oxygen atoms in total. The molecule has 96 valence electrons. The molecule has 1 atom stereocenters. The second kappa shape index (κ2) is 7.82. The minimum absolute atomic E-state index is 0.220. The van der Waals surface area contributed by atoms with E-state index in [1.54, 1.807) is 0 Å². The molecule has 1 aromatic rings. The van der Waals surface area contributed by atoms with Gasteiger partial charge in [-0.25, -0.2) is 0 Å². The molecule has 2 N–H and O–H groups in total. The first-order chi connectivity index (χ1) is 8.17. The Morgan fingerprint density at radius 2 is 2.18 bits per heavy atom. The molecule has 0 heterocycles. The van der Waals surface area contributed by atoms with Gasteiger partial charge >= 0.3 is 0 Å². The van der Waals surface area contributed by atoms with Gasteiger partial charge in [0.2, 0.25) is 0 Å². The van der Waals surface area contributed by atoms with Gasteiger partial charge in [0.1, 0.15) is 0 Å². The summed E-state index contributed by atoms with van der Waals surface area (Å²) in [7, 11) is 4.02. The van der Waals surface area contributed by atoms with E-state index in [9.17, 15) is 0 Å². The Labute approximate surface area is 112 Å². The fourth-order valence-electron chi connectivity index (χ4n) is 1.83. The topological polar surface area (TPSA) is 35.5 Å². The van der Waals surface area contributed by atoms with Crippen LogP contribution in [0.2, 0.25) is 0 Å². The average molecular weight is 301 g/mol. The maximum atomic E-state index is 8.85.